The van der Waals surface area contributed by atoms with Crippen LogP contribution >= 0.6 is 11.3 Å². The van der Waals surface area contributed by atoms with Crippen LogP contribution in [0.5, 0.6) is 0 Å². The van der Waals surface area contributed by atoms with Crippen LogP contribution in [0.25, 0.3) is 10.2 Å². The minimum absolute atomic E-state index is 0.216. The highest BCUT2D eigenvalue weighted by Crippen LogP contribution is 2.32. The van der Waals surface area contributed by atoms with Gasteiger partial charge in [0, 0.05) is 12.1 Å². The van der Waals surface area contributed by atoms with Gasteiger partial charge < -0.3 is 10.2 Å². The molecule has 2 amide bonds. The Morgan fingerprint density at radius 2 is 1.93 bits per heavy atom. The van der Waals surface area contributed by atoms with Gasteiger partial charge in [0.2, 0.25) is 11.8 Å². The highest BCUT2D eigenvalue weighted by molar-refractivity contribution is 7.22. The summed E-state index contributed by atoms with van der Waals surface area (Å²) in [6.07, 6.45) is 1.56. The zero-order valence-corrected chi connectivity index (χ0v) is 15.0. The van der Waals surface area contributed by atoms with Crippen molar-refractivity contribution in [1.82, 2.24) is 4.98 Å². The van der Waals surface area contributed by atoms with Crippen LogP contribution in [0.2, 0.25) is 0 Å². The third-order valence-corrected chi connectivity index (χ3v) is 5.29. The molecule has 0 spiro atoms. The Bertz CT molecular complexity index is 1060. The van der Waals surface area contributed by atoms with Crippen molar-refractivity contribution < 1.29 is 14.4 Å². The summed E-state index contributed by atoms with van der Waals surface area (Å²) < 4.78 is 0.910. The van der Waals surface area contributed by atoms with E-state index in [0.717, 1.165) is 10.2 Å². The molecule has 2 heterocycles. The first-order valence-electron chi connectivity index (χ1n) is 8.32. The number of aromatic nitrogens is 1. The number of nitrogens with zero attached hydrogens (tertiary/aromatic N) is 2. The Balaban J connectivity index is 1.67. The molecule has 7 heteroatoms. The molecular weight excluding hydrogens is 362 g/mol. The predicted molar refractivity (Wildman–Crippen MR) is 105 cm³/mol. The maximum Gasteiger partial charge on any atom is 0.247 e. The number of carbonyl (C=O) groups excluding carboxylic acids is 3. The van der Waals surface area contributed by atoms with E-state index in [1.54, 1.807) is 30.3 Å². The number of hydrogen-bond acceptors (Lipinski definition) is 5. The summed E-state index contributed by atoms with van der Waals surface area (Å²) in [5.74, 6) is -3.17. The number of amides is 2. The van der Waals surface area contributed by atoms with Crippen LogP contribution in [0.3, 0.4) is 0 Å². The fourth-order valence-corrected chi connectivity index (χ4v) is 3.98. The number of ketones is 1. The molecule has 6 nitrogen and oxygen atoms in total. The third kappa shape index (κ3) is 2.92. The maximum atomic E-state index is 12.9. The molecule has 2 aromatic carbocycles. The Hall–Kier alpha value is -3.32. The summed E-state index contributed by atoms with van der Waals surface area (Å²) in [5.41, 5.74) is 1.59. The number of hydrogen-bond donors (Lipinski definition) is 1. The fraction of sp³-hybridized carbons (Fsp3) is 0.100. The minimum atomic E-state index is -1.44. The summed E-state index contributed by atoms with van der Waals surface area (Å²) in [4.78, 5) is 44.2. The van der Waals surface area contributed by atoms with E-state index in [0.29, 0.717) is 16.4 Å². The molecule has 1 aliphatic rings. The van der Waals surface area contributed by atoms with E-state index >= 15 is 0 Å². The standard InChI is InChI=1S/C20H15N3O3S/c1-2-11-23-14-9-5-3-7-12(14)17(24)16(19(23)26)18(25)22-20-21-13-8-4-6-10-15(13)27-20/h2-10,16H,1,11H2,(H,21,22,25). The zero-order valence-electron chi connectivity index (χ0n) is 14.2. The Morgan fingerprint density at radius 1 is 1.19 bits per heavy atom. The number of anilines is 2. The van der Waals surface area contributed by atoms with Crippen LogP contribution in [0.1, 0.15) is 10.4 Å². The number of rotatable bonds is 4. The number of Topliss-reactive ketones (excluding diaryl/α,β-unsaturated/α-hetero) is 1. The quantitative estimate of drug-likeness (QED) is 0.559. The molecule has 1 atom stereocenters. The van der Waals surface area contributed by atoms with Crippen LogP contribution in [0.15, 0.2) is 61.2 Å². The van der Waals surface area contributed by atoms with Crippen LogP contribution in [0, 0.1) is 5.92 Å². The normalized spacial score (nSPS) is 16.3. The number of fused-ring (bicyclic) bond motifs is 2. The summed E-state index contributed by atoms with van der Waals surface area (Å²) in [7, 11) is 0. The van der Waals surface area contributed by atoms with Crippen molar-refractivity contribution >= 4 is 50.0 Å². The SMILES string of the molecule is C=CCN1C(=O)C(C(=O)Nc2nc3ccccc3s2)C(=O)c2ccccc21. The van der Waals surface area contributed by atoms with Gasteiger partial charge in [-0.05, 0) is 24.3 Å². The average molecular weight is 377 g/mol. The molecule has 0 saturated heterocycles. The summed E-state index contributed by atoms with van der Waals surface area (Å²) >= 11 is 1.29. The van der Waals surface area contributed by atoms with E-state index in [1.165, 1.54) is 16.2 Å². The van der Waals surface area contributed by atoms with Crippen LogP contribution < -0.4 is 10.2 Å². The van der Waals surface area contributed by atoms with Crippen molar-refractivity contribution in [1.29, 1.82) is 0 Å². The van der Waals surface area contributed by atoms with Crippen LogP contribution in [0.4, 0.5) is 10.8 Å². The number of benzene rings is 2. The second-order valence-corrected chi connectivity index (χ2v) is 7.06. The highest BCUT2D eigenvalue weighted by atomic mass is 32.1. The smallest absolute Gasteiger partial charge is 0.247 e. The van der Waals surface area contributed by atoms with Gasteiger partial charge in [-0.15, -0.1) is 6.58 Å². The first kappa shape index (κ1) is 17.1. The molecule has 0 radical (unpaired) electrons. The molecule has 134 valence electrons. The topological polar surface area (TPSA) is 79.4 Å². The van der Waals surface area contributed by atoms with Gasteiger partial charge in [-0.25, -0.2) is 4.98 Å². The van der Waals surface area contributed by atoms with E-state index < -0.39 is 23.5 Å². The number of nitrogens with one attached hydrogen (secondary N) is 1. The Morgan fingerprint density at radius 3 is 2.70 bits per heavy atom. The third-order valence-electron chi connectivity index (χ3n) is 4.33. The van der Waals surface area contributed by atoms with Crippen molar-refractivity contribution in [2.24, 2.45) is 5.92 Å². The zero-order chi connectivity index (χ0) is 19.0. The van der Waals surface area contributed by atoms with Crippen molar-refractivity contribution in [3.8, 4) is 0 Å². The summed E-state index contributed by atoms with van der Waals surface area (Å²) in [6.45, 7) is 3.87. The number of thiazole rings is 1. The molecule has 0 aliphatic carbocycles. The van der Waals surface area contributed by atoms with Gasteiger partial charge >= 0.3 is 0 Å². The Labute approximate surface area is 159 Å². The lowest BCUT2D eigenvalue weighted by Gasteiger charge is -2.31. The highest BCUT2D eigenvalue weighted by Gasteiger charge is 2.43. The van der Waals surface area contributed by atoms with Crippen LogP contribution in [-0.4, -0.2) is 29.1 Å². The molecular formula is C20H15N3O3S. The Kier molecular flexibility index (Phi) is 4.29. The first-order valence-corrected chi connectivity index (χ1v) is 9.13. The van der Waals surface area contributed by atoms with Crippen LogP contribution in [-0.2, 0) is 9.59 Å². The molecule has 1 aliphatic heterocycles. The molecule has 27 heavy (non-hydrogen) atoms. The molecule has 0 bridgehead atoms. The molecule has 0 saturated carbocycles. The van der Waals surface area contributed by atoms with Crippen molar-refractivity contribution in [2.45, 2.75) is 0 Å². The van der Waals surface area contributed by atoms with Gasteiger partial charge in [0.25, 0.3) is 0 Å². The van der Waals surface area contributed by atoms with Crippen molar-refractivity contribution in [3.63, 3.8) is 0 Å². The van der Waals surface area contributed by atoms with Gasteiger partial charge in [0.05, 0.1) is 15.9 Å². The predicted octanol–water partition coefficient (Wildman–Crippen LogP) is 3.27. The van der Waals surface area contributed by atoms with Gasteiger partial charge in [0.1, 0.15) is 0 Å². The lowest BCUT2D eigenvalue weighted by molar-refractivity contribution is -0.129. The molecule has 4 rings (SSSR count). The maximum absolute atomic E-state index is 12.9. The summed E-state index contributed by atoms with van der Waals surface area (Å²) in [6, 6.07) is 14.2. The van der Waals surface area contributed by atoms with E-state index in [9.17, 15) is 14.4 Å². The lowest BCUT2D eigenvalue weighted by Crippen LogP contribution is -2.49. The molecule has 1 aromatic heterocycles. The number of para-hydroxylation sites is 2. The second kappa shape index (κ2) is 6.77. The summed E-state index contributed by atoms with van der Waals surface area (Å²) in [5, 5.41) is 2.99. The minimum Gasteiger partial charge on any atom is -0.307 e. The van der Waals surface area contributed by atoms with E-state index in [2.05, 4.69) is 16.9 Å². The lowest BCUT2D eigenvalue weighted by atomic mass is 9.89. The van der Waals surface area contributed by atoms with Crippen molar-refractivity contribution in [3.05, 3.63) is 66.7 Å². The average Bonchev–Trinajstić information content (AvgIpc) is 3.07. The van der Waals surface area contributed by atoms with Gasteiger partial charge in [0.15, 0.2) is 16.8 Å². The monoisotopic (exact) mass is 377 g/mol. The molecule has 3 aromatic rings. The molecule has 1 unspecified atom stereocenters. The van der Waals surface area contributed by atoms with E-state index in [1.807, 2.05) is 24.3 Å². The van der Waals surface area contributed by atoms with Gasteiger partial charge in [-0.3, -0.25) is 14.4 Å². The fourth-order valence-electron chi connectivity index (χ4n) is 3.11. The van der Waals surface area contributed by atoms with Gasteiger partial charge in [-0.2, -0.15) is 0 Å². The van der Waals surface area contributed by atoms with E-state index in [4.69, 9.17) is 0 Å². The van der Waals surface area contributed by atoms with E-state index in [-0.39, 0.29) is 6.54 Å². The largest absolute Gasteiger partial charge is 0.307 e. The molecule has 0 fully saturated rings. The molecule has 1 N–H and O–H groups in total. The number of carbonyl (C=O) groups is 3. The second-order valence-electron chi connectivity index (χ2n) is 6.03. The first-order chi connectivity index (χ1) is 13.1. The van der Waals surface area contributed by atoms with Crippen molar-refractivity contribution in [2.75, 3.05) is 16.8 Å². The van der Waals surface area contributed by atoms with Gasteiger partial charge in [-0.1, -0.05) is 41.7 Å².